The van der Waals surface area contributed by atoms with Crippen LogP contribution in [0.4, 0.5) is 20.2 Å². The summed E-state index contributed by atoms with van der Waals surface area (Å²) in [6, 6.07) is 9.56. The number of aryl methyl sites for hydroxylation is 1. The molecular weight excluding hydrogens is 703 g/mol. The number of hydrogen-bond donors (Lipinski definition) is 2. The maximum atomic E-state index is 16.0. The normalized spacial score (nSPS) is 13.5. The van der Waals surface area contributed by atoms with Gasteiger partial charge in [-0.05, 0) is 116 Å². The van der Waals surface area contributed by atoms with Gasteiger partial charge in [0.2, 0.25) is 10.0 Å². The van der Waals surface area contributed by atoms with Gasteiger partial charge in [0.1, 0.15) is 4.90 Å². The lowest BCUT2D eigenvalue weighted by atomic mass is 10.1. The Labute approximate surface area is 271 Å². The molecule has 13 heteroatoms. The predicted molar refractivity (Wildman–Crippen MR) is 174 cm³/mol. The zero-order chi connectivity index (χ0) is 31.9. The molecule has 2 N–H and O–H groups in total. The maximum absolute atomic E-state index is 16.0. The fourth-order valence-electron chi connectivity index (χ4n) is 4.69. The molecule has 1 aromatic heterocycles. The summed E-state index contributed by atoms with van der Waals surface area (Å²) >= 11 is 2.13. The fourth-order valence-corrected chi connectivity index (χ4v) is 6.88. The van der Waals surface area contributed by atoms with E-state index in [4.69, 9.17) is 4.84 Å². The van der Waals surface area contributed by atoms with Crippen molar-refractivity contribution in [1.82, 2.24) is 19.7 Å². The molecule has 1 saturated carbocycles. The third-order valence-electron chi connectivity index (χ3n) is 7.52. The summed E-state index contributed by atoms with van der Waals surface area (Å²) in [7, 11) is -4.62. The Morgan fingerprint density at radius 2 is 1.86 bits per heavy atom. The number of nitrogens with zero attached hydrogens (tertiary/aromatic N) is 3. The molecule has 0 spiro atoms. The van der Waals surface area contributed by atoms with Crippen LogP contribution in [0.3, 0.4) is 0 Å². The molecule has 1 fully saturated rings. The Morgan fingerprint density at radius 3 is 2.50 bits per heavy atom. The second-order valence-corrected chi connectivity index (χ2v) is 13.9. The van der Waals surface area contributed by atoms with Crippen LogP contribution in [-0.2, 0) is 21.4 Å². The SMILES string of the molecule is CCN(CC)CCCN(Cc1cccnc1)S(=O)(=O)c1cc(C(=O)NOCC2CC2)c(Nc2ccc(I)cc2C)c(F)c1F. The average molecular weight is 742 g/mol. The van der Waals surface area contributed by atoms with Crippen LogP contribution in [0.1, 0.15) is 54.6 Å². The highest BCUT2D eigenvalue weighted by atomic mass is 127. The second-order valence-electron chi connectivity index (χ2n) is 10.8. The van der Waals surface area contributed by atoms with E-state index in [1.54, 1.807) is 37.4 Å². The van der Waals surface area contributed by atoms with Gasteiger partial charge in [-0.3, -0.25) is 14.6 Å². The van der Waals surface area contributed by atoms with Crippen molar-refractivity contribution >= 4 is 49.9 Å². The summed E-state index contributed by atoms with van der Waals surface area (Å²) in [5, 5.41) is 2.82. The second kappa shape index (κ2) is 15.5. The van der Waals surface area contributed by atoms with Gasteiger partial charge in [0.05, 0.1) is 17.9 Å². The van der Waals surface area contributed by atoms with Crippen LogP contribution in [0, 0.1) is 28.0 Å². The highest BCUT2D eigenvalue weighted by Crippen LogP contribution is 2.34. The monoisotopic (exact) mass is 741 g/mol. The van der Waals surface area contributed by atoms with Gasteiger partial charge in [-0.2, -0.15) is 4.31 Å². The molecule has 0 unspecified atom stereocenters. The van der Waals surface area contributed by atoms with Gasteiger partial charge in [0, 0.05) is 34.7 Å². The number of aromatic nitrogens is 1. The van der Waals surface area contributed by atoms with Crippen LogP contribution >= 0.6 is 22.6 Å². The van der Waals surface area contributed by atoms with E-state index in [1.165, 1.54) is 6.20 Å². The fraction of sp³-hybridized carbons (Fsp3) is 0.419. The first-order valence-corrected chi connectivity index (χ1v) is 17.2. The minimum absolute atomic E-state index is 0.0443. The van der Waals surface area contributed by atoms with Gasteiger partial charge < -0.3 is 10.2 Å². The number of carbonyl (C=O) groups excluding carboxylic acids is 1. The van der Waals surface area contributed by atoms with E-state index in [9.17, 15) is 13.2 Å². The maximum Gasteiger partial charge on any atom is 0.277 e. The van der Waals surface area contributed by atoms with Crippen molar-refractivity contribution in [1.29, 1.82) is 0 Å². The van der Waals surface area contributed by atoms with Gasteiger partial charge in [0.15, 0.2) is 11.6 Å². The average Bonchev–Trinajstić information content (AvgIpc) is 3.83. The largest absolute Gasteiger partial charge is 0.352 e. The molecule has 1 amide bonds. The van der Waals surface area contributed by atoms with Crippen LogP contribution < -0.4 is 10.8 Å². The van der Waals surface area contributed by atoms with E-state index in [2.05, 4.69) is 43.3 Å². The summed E-state index contributed by atoms with van der Waals surface area (Å²) in [4.78, 5) is 23.9. The van der Waals surface area contributed by atoms with Gasteiger partial charge in [-0.1, -0.05) is 19.9 Å². The molecule has 238 valence electrons. The predicted octanol–water partition coefficient (Wildman–Crippen LogP) is 6.01. The van der Waals surface area contributed by atoms with Crippen LogP contribution in [-0.4, -0.2) is 61.3 Å². The lowest BCUT2D eigenvalue weighted by molar-refractivity contribution is 0.0270. The lowest BCUT2D eigenvalue weighted by Gasteiger charge is -2.25. The van der Waals surface area contributed by atoms with Crippen molar-refractivity contribution < 1.29 is 26.8 Å². The van der Waals surface area contributed by atoms with Gasteiger partial charge in [-0.15, -0.1) is 0 Å². The molecule has 0 aliphatic heterocycles. The minimum Gasteiger partial charge on any atom is -0.352 e. The first-order chi connectivity index (χ1) is 21.0. The number of rotatable bonds is 16. The van der Waals surface area contributed by atoms with E-state index < -0.39 is 43.7 Å². The molecule has 1 aliphatic rings. The van der Waals surface area contributed by atoms with Crippen molar-refractivity contribution in [2.24, 2.45) is 5.92 Å². The van der Waals surface area contributed by atoms with Gasteiger partial charge in [0.25, 0.3) is 5.91 Å². The molecule has 0 saturated heterocycles. The molecule has 4 rings (SSSR count). The van der Waals surface area contributed by atoms with E-state index in [0.29, 0.717) is 30.1 Å². The summed E-state index contributed by atoms with van der Waals surface area (Å²) in [6.07, 6.45) is 5.50. The number of anilines is 2. The van der Waals surface area contributed by atoms with Crippen LogP contribution in [0.15, 0.2) is 53.7 Å². The van der Waals surface area contributed by atoms with Crippen molar-refractivity contribution in [3.05, 3.63) is 80.7 Å². The highest BCUT2D eigenvalue weighted by Gasteiger charge is 2.34. The molecule has 3 aromatic rings. The number of hydrogen-bond acceptors (Lipinski definition) is 7. The Balaban J connectivity index is 1.75. The summed E-state index contributed by atoms with van der Waals surface area (Å²) < 4.78 is 62.0. The molecule has 2 aromatic carbocycles. The van der Waals surface area contributed by atoms with Gasteiger partial charge in [-0.25, -0.2) is 22.7 Å². The molecule has 0 atom stereocenters. The van der Waals surface area contributed by atoms with Crippen molar-refractivity contribution in [2.75, 3.05) is 38.1 Å². The molecule has 0 radical (unpaired) electrons. The number of hydroxylamine groups is 1. The Morgan fingerprint density at radius 1 is 1.11 bits per heavy atom. The first kappa shape index (κ1) is 34.2. The zero-order valence-electron chi connectivity index (χ0n) is 25.1. The van der Waals surface area contributed by atoms with Crippen molar-refractivity contribution in [3.8, 4) is 0 Å². The summed E-state index contributed by atoms with van der Waals surface area (Å²) in [6.45, 7) is 8.22. The topological polar surface area (TPSA) is 104 Å². The summed E-state index contributed by atoms with van der Waals surface area (Å²) in [5.41, 5.74) is 3.13. The van der Waals surface area contributed by atoms with E-state index in [1.807, 2.05) is 19.9 Å². The van der Waals surface area contributed by atoms with Crippen LogP contribution in [0.2, 0.25) is 0 Å². The Bertz CT molecular complexity index is 1550. The molecule has 1 aliphatic carbocycles. The highest BCUT2D eigenvalue weighted by molar-refractivity contribution is 14.1. The Hall–Kier alpha value is -2.72. The third kappa shape index (κ3) is 8.71. The molecule has 44 heavy (non-hydrogen) atoms. The number of amides is 1. The molecule has 9 nitrogen and oxygen atoms in total. The van der Waals surface area contributed by atoms with E-state index in [-0.39, 0.29) is 19.7 Å². The number of carbonyl (C=O) groups is 1. The van der Waals surface area contributed by atoms with Crippen LogP contribution in [0.25, 0.3) is 0 Å². The van der Waals surface area contributed by atoms with Gasteiger partial charge >= 0.3 is 0 Å². The first-order valence-electron chi connectivity index (χ1n) is 14.6. The zero-order valence-corrected chi connectivity index (χ0v) is 28.1. The van der Waals surface area contributed by atoms with E-state index >= 15 is 8.78 Å². The summed E-state index contributed by atoms with van der Waals surface area (Å²) in [5.74, 6) is -3.64. The van der Waals surface area contributed by atoms with E-state index in [0.717, 1.165) is 45.4 Å². The van der Waals surface area contributed by atoms with Crippen LogP contribution in [0.5, 0.6) is 0 Å². The number of halogens is 3. The quantitative estimate of drug-likeness (QED) is 0.137. The van der Waals surface area contributed by atoms with Crippen molar-refractivity contribution in [3.63, 3.8) is 0 Å². The molecule has 1 heterocycles. The smallest absolute Gasteiger partial charge is 0.277 e. The minimum atomic E-state index is -4.62. The number of benzene rings is 2. The number of nitrogens with one attached hydrogen (secondary N) is 2. The standard InChI is InChI=1S/C31H38F2IN5O4S/c1-4-38(5-2)14-7-15-39(19-23-8-6-13-35-18-23)44(41,42)27-17-25(31(40)37-43-20-22-9-10-22)30(29(33)28(27)32)36-26-12-11-24(34)16-21(26)3/h6,8,11-13,16-18,22,36H,4-5,7,9-10,14-15,19-20H2,1-3H3,(H,37,40). The third-order valence-corrected chi connectivity index (χ3v) is 10.0. The molecular formula is C31H38F2IN5O4S. The number of sulfonamides is 1. The number of pyridine rings is 1. The Kier molecular flexibility index (Phi) is 12.0. The molecule has 0 bridgehead atoms. The van der Waals surface area contributed by atoms with Crippen molar-refractivity contribution in [2.45, 2.75) is 51.5 Å². The lowest BCUT2D eigenvalue weighted by Crippen LogP contribution is -2.35.